The molecular formula is C12H18N2O3. The van der Waals surface area contributed by atoms with Crippen molar-refractivity contribution in [3.63, 3.8) is 0 Å². The fourth-order valence-electron chi connectivity index (χ4n) is 1.42. The zero-order valence-corrected chi connectivity index (χ0v) is 10.2. The minimum absolute atomic E-state index is 0.142. The van der Waals surface area contributed by atoms with Crippen molar-refractivity contribution in [2.45, 2.75) is 25.8 Å². The molecule has 0 radical (unpaired) electrons. The number of para-hydroxylation sites is 1. The molecule has 0 saturated carbocycles. The van der Waals surface area contributed by atoms with Crippen molar-refractivity contribution in [3.8, 4) is 0 Å². The second kappa shape index (κ2) is 5.75. The van der Waals surface area contributed by atoms with Gasteiger partial charge in [-0.05, 0) is 13.8 Å². The molecule has 0 spiro atoms. The first-order valence-electron chi connectivity index (χ1n) is 5.49. The highest BCUT2D eigenvalue weighted by Gasteiger charge is 2.13. The van der Waals surface area contributed by atoms with Crippen LogP contribution < -0.4 is 5.73 Å². The van der Waals surface area contributed by atoms with Crippen molar-refractivity contribution in [2.75, 3.05) is 13.2 Å². The number of nitrogens with two attached hydrogens (primary N) is 1. The molecule has 0 bridgehead atoms. The van der Waals surface area contributed by atoms with Crippen molar-refractivity contribution in [1.29, 1.82) is 0 Å². The van der Waals surface area contributed by atoms with E-state index in [-0.39, 0.29) is 16.1 Å². The van der Waals surface area contributed by atoms with Gasteiger partial charge in [-0.25, -0.2) is 0 Å². The number of nitrogens with zero attached hydrogens (tertiary/aromatic N) is 1. The monoisotopic (exact) mass is 238 g/mol. The van der Waals surface area contributed by atoms with E-state index in [9.17, 15) is 10.1 Å². The van der Waals surface area contributed by atoms with E-state index in [0.29, 0.717) is 25.2 Å². The minimum atomic E-state index is -0.373. The third kappa shape index (κ3) is 4.93. The Bertz CT molecular complexity index is 386. The Morgan fingerprint density at radius 3 is 2.65 bits per heavy atom. The lowest BCUT2D eigenvalue weighted by molar-refractivity contribution is -0.385. The van der Waals surface area contributed by atoms with Gasteiger partial charge in [0.2, 0.25) is 0 Å². The van der Waals surface area contributed by atoms with Crippen molar-refractivity contribution < 1.29 is 9.66 Å². The van der Waals surface area contributed by atoms with E-state index < -0.39 is 0 Å². The van der Waals surface area contributed by atoms with Crippen LogP contribution in [0.5, 0.6) is 0 Å². The van der Waals surface area contributed by atoms with Crippen LogP contribution in [0.3, 0.4) is 0 Å². The van der Waals surface area contributed by atoms with E-state index in [0.717, 1.165) is 0 Å². The zero-order chi connectivity index (χ0) is 12.9. The van der Waals surface area contributed by atoms with Gasteiger partial charge in [-0.2, -0.15) is 0 Å². The number of hydrogen-bond acceptors (Lipinski definition) is 4. The van der Waals surface area contributed by atoms with Crippen LogP contribution in [0.2, 0.25) is 0 Å². The Morgan fingerprint density at radius 2 is 2.06 bits per heavy atom. The van der Waals surface area contributed by atoms with E-state index in [1.807, 2.05) is 13.8 Å². The maximum Gasteiger partial charge on any atom is 0.272 e. The second-order valence-electron chi connectivity index (χ2n) is 4.68. The summed E-state index contributed by atoms with van der Waals surface area (Å²) in [5, 5.41) is 10.8. The number of rotatable bonds is 6. The predicted molar refractivity (Wildman–Crippen MR) is 65.9 cm³/mol. The number of benzene rings is 1. The highest BCUT2D eigenvalue weighted by atomic mass is 16.6. The summed E-state index contributed by atoms with van der Waals surface area (Å²) in [5.41, 5.74) is 6.22. The lowest BCUT2D eigenvalue weighted by Gasteiger charge is -2.18. The van der Waals surface area contributed by atoms with Gasteiger partial charge in [-0.3, -0.25) is 10.1 Å². The highest BCUT2D eigenvalue weighted by molar-refractivity contribution is 5.39. The molecule has 2 N–H and O–H groups in total. The summed E-state index contributed by atoms with van der Waals surface area (Å²) in [6, 6.07) is 6.69. The molecule has 5 nitrogen and oxygen atoms in total. The Labute approximate surface area is 101 Å². The summed E-state index contributed by atoms with van der Waals surface area (Å²) < 4.78 is 5.39. The number of nitro benzene ring substituents is 1. The first-order valence-corrected chi connectivity index (χ1v) is 5.49. The summed E-state index contributed by atoms with van der Waals surface area (Å²) >= 11 is 0. The summed E-state index contributed by atoms with van der Waals surface area (Å²) in [6.45, 7) is 4.62. The molecule has 0 aliphatic carbocycles. The molecule has 0 aliphatic heterocycles. The molecule has 94 valence electrons. The Morgan fingerprint density at radius 1 is 1.41 bits per heavy atom. The molecule has 0 fully saturated rings. The smallest absolute Gasteiger partial charge is 0.272 e. The highest BCUT2D eigenvalue weighted by Crippen LogP contribution is 2.18. The standard InChI is InChI=1S/C12H18N2O3/c1-12(2,13)9-17-8-7-10-5-3-4-6-11(10)14(15)16/h3-6H,7-9,13H2,1-2H3. The van der Waals surface area contributed by atoms with Crippen LogP contribution in [0.25, 0.3) is 0 Å². The van der Waals surface area contributed by atoms with E-state index in [1.54, 1.807) is 18.2 Å². The molecule has 0 amide bonds. The summed E-state index contributed by atoms with van der Waals surface area (Å²) in [7, 11) is 0. The molecule has 0 saturated heterocycles. The quantitative estimate of drug-likeness (QED) is 0.466. The van der Waals surface area contributed by atoms with Crippen LogP contribution in [-0.4, -0.2) is 23.7 Å². The average molecular weight is 238 g/mol. The van der Waals surface area contributed by atoms with E-state index in [1.165, 1.54) is 6.07 Å². The molecule has 0 heterocycles. The Kier molecular flexibility index (Phi) is 4.60. The second-order valence-corrected chi connectivity index (χ2v) is 4.68. The minimum Gasteiger partial charge on any atom is -0.379 e. The third-order valence-corrected chi connectivity index (χ3v) is 2.18. The molecule has 1 aromatic carbocycles. The fourth-order valence-corrected chi connectivity index (χ4v) is 1.42. The van der Waals surface area contributed by atoms with Crippen LogP contribution >= 0.6 is 0 Å². The summed E-state index contributed by atoms with van der Waals surface area (Å²) in [6.07, 6.45) is 0.521. The predicted octanol–water partition coefficient (Wildman–Crippen LogP) is 1.89. The van der Waals surface area contributed by atoms with Crippen molar-refractivity contribution in [3.05, 3.63) is 39.9 Å². The van der Waals surface area contributed by atoms with Gasteiger partial charge < -0.3 is 10.5 Å². The van der Waals surface area contributed by atoms with Crippen LogP contribution in [-0.2, 0) is 11.2 Å². The average Bonchev–Trinajstić information content (AvgIpc) is 2.23. The summed E-state index contributed by atoms with van der Waals surface area (Å²) in [4.78, 5) is 10.4. The van der Waals surface area contributed by atoms with Crippen LogP contribution in [0.15, 0.2) is 24.3 Å². The van der Waals surface area contributed by atoms with E-state index in [4.69, 9.17) is 10.5 Å². The lowest BCUT2D eigenvalue weighted by atomic mass is 10.1. The van der Waals surface area contributed by atoms with Crippen molar-refractivity contribution in [2.24, 2.45) is 5.73 Å². The van der Waals surface area contributed by atoms with Crippen LogP contribution in [0.1, 0.15) is 19.4 Å². The number of nitro groups is 1. The topological polar surface area (TPSA) is 78.4 Å². The molecule has 0 atom stereocenters. The molecule has 1 aromatic rings. The molecular weight excluding hydrogens is 220 g/mol. The molecule has 0 aromatic heterocycles. The molecule has 1 rings (SSSR count). The SMILES string of the molecule is CC(C)(N)COCCc1ccccc1[N+](=O)[O-]. The normalized spacial score (nSPS) is 11.5. The van der Waals surface area contributed by atoms with Gasteiger partial charge in [0.1, 0.15) is 0 Å². The fraction of sp³-hybridized carbons (Fsp3) is 0.500. The molecule has 5 heteroatoms. The van der Waals surface area contributed by atoms with E-state index >= 15 is 0 Å². The largest absolute Gasteiger partial charge is 0.379 e. The number of ether oxygens (including phenoxy) is 1. The van der Waals surface area contributed by atoms with Crippen molar-refractivity contribution >= 4 is 5.69 Å². The van der Waals surface area contributed by atoms with Crippen LogP contribution in [0.4, 0.5) is 5.69 Å². The van der Waals surface area contributed by atoms with Gasteiger partial charge >= 0.3 is 0 Å². The van der Waals surface area contributed by atoms with Gasteiger partial charge in [-0.15, -0.1) is 0 Å². The Balaban J connectivity index is 2.49. The molecule has 17 heavy (non-hydrogen) atoms. The van der Waals surface area contributed by atoms with Gasteiger partial charge in [0.05, 0.1) is 18.1 Å². The number of hydrogen-bond donors (Lipinski definition) is 1. The molecule has 0 aliphatic rings. The third-order valence-electron chi connectivity index (χ3n) is 2.18. The Hall–Kier alpha value is -1.46. The van der Waals surface area contributed by atoms with Crippen LogP contribution in [0, 0.1) is 10.1 Å². The van der Waals surface area contributed by atoms with Gasteiger partial charge in [0, 0.05) is 23.6 Å². The van der Waals surface area contributed by atoms with Gasteiger partial charge in [-0.1, -0.05) is 18.2 Å². The van der Waals surface area contributed by atoms with Crippen molar-refractivity contribution in [1.82, 2.24) is 0 Å². The molecule has 0 unspecified atom stereocenters. The first-order chi connectivity index (χ1) is 7.90. The maximum atomic E-state index is 10.8. The van der Waals surface area contributed by atoms with Gasteiger partial charge in [0.15, 0.2) is 0 Å². The first kappa shape index (κ1) is 13.6. The van der Waals surface area contributed by atoms with Gasteiger partial charge in [0.25, 0.3) is 5.69 Å². The maximum absolute atomic E-state index is 10.8. The van der Waals surface area contributed by atoms with E-state index in [2.05, 4.69) is 0 Å². The zero-order valence-electron chi connectivity index (χ0n) is 10.2. The summed E-state index contributed by atoms with van der Waals surface area (Å²) in [5.74, 6) is 0. The lowest BCUT2D eigenvalue weighted by Crippen LogP contribution is -2.37.